The number of hydrogen-bond acceptors (Lipinski definition) is 3. The molecule has 4 nitrogen and oxygen atoms in total. The first-order chi connectivity index (χ1) is 9.19. The van der Waals surface area contributed by atoms with Crippen LogP contribution in [0.4, 0.5) is 0 Å². The summed E-state index contributed by atoms with van der Waals surface area (Å²) in [5.74, 6) is 0.838. The highest BCUT2D eigenvalue weighted by Crippen LogP contribution is 2.29. The van der Waals surface area contributed by atoms with E-state index in [1.165, 1.54) is 43.6 Å². The van der Waals surface area contributed by atoms with Gasteiger partial charge in [-0.15, -0.1) is 0 Å². The van der Waals surface area contributed by atoms with Gasteiger partial charge in [-0.3, -0.25) is 9.58 Å². The predicted octanol–water partition coefficient (Wildman–Crippen LogP) is 2.10. The third kappa shape index (κ3) is 3.18. The summed E-state index contributed by atoms with van der Waals surface area (Å²) in [6.45, 7) is 7.53. The molecule has 2 rings (SSSR count). The fourth-order valence-corrected chi connectivity index (χ4v) is 3.29. The van der Waals surface area contributed by atoms with Crippen LogP contribution >= 0.6 is 0 Å². The lowest BCUT2D eigenvalue weighted by Gasteiger charge is -2.37. The standard InChI is InChI=1S/C15H28N4/c1-4-12-7-6-8-19(10-12)15(9-16)13-11-18(3)17-14(13)5-2/h11-12,15H,4-10,16H2,1-3H3. The summed E-state index contributed by atoms with van der Waals surface area (Å²) in [5.41, 5.74) is 8.62. The summed E-state index contributed by atoms with van der Waals surface area (Å²) >= 11 is 0. The number of piperidine rings is 1. The molecule has 2 atom stereocenters. The Morgan fingerprint density at radius 3 is 2.89 bits per heavy atom. The van der Waals surface area contributed by atoms with E-state index in [1.807, 2.05) is 11.7 Å². The molecule has 4 heteroatoms. The van der Waals surface area contributed by atoms with E-state index in [0.717, 1.165) is 12.3 Å². The maximum Gasteiger partial charge on any atom is 0.0670 e. The molecule has 1 aromatic heterocycles. The van der Waals surface area contributed by atoms with Gasteiger partial charge in [0.1, 0.15) is 0 Å². The molecule has 1 fully saturated rings. The van der Waals surface area contributed by atoms with Crippen molar-refractivity contribution in [3.8, 4) is 0 Å². The summed E-state index contributed by atoms with van der Waals surface area (Å²) in [6.07, 6.45) is 7.10. The SMILES string of the molecule is CCc1nn(C)cc1C(CN)N1CCCC(CC)C1. The van der Waals surface area contributed by atoms with Gasteiger partial charge in [-0.05, 0) is 31.7 Å². The summed E-state index contributed by atoms with van der Waals surface area (Å²) in [5, 5.41) is 4.57. The smallest absolute Gasteiger partial charge is 0.0670 e. The first kappa shape index (κ1) is 14.5. The highest BCUT2D eigenvalue weighted by molar-refractivity contribution is 5.22. The molecule has 0 radical (unpaired) electrons. The fourth-order valence-electron chi connectivity index (χ4n) is 3.29. The van der Waals surface area contributed by atoms with Crippen LogP contribution in [0.3, 0.4) is 0 Å². The third-order valence-corrected chi connectivity index (χ3v) is 4.42. The van der Waals surface area contributed by atoms with Crippen LogP contribution in [0.5, 0.6) is 0 Å². The van der Waals surface area contributed by atoms with Crippen molar-refractivity contribution >= 4 is 0 Å². The molecule has 0 aliphatic carbocycles. The molecule has 1 aromatic rings. The number of nitrogens with zero attached hydrogens (tertiary/aromatic N) is 3. The van der Waals surface area contributed by atoms with Gasteiger partial charge in [-0.2, -0.15) is 5.10 Å². The molecular formula is C15H28N4. The maximum absolute atomic E-state index is 6.08. The van der Waals surface area contributed by atoms with Crippen LogP contribution in [0.25, 0.3) is 0 Å². The van der Waals surface area contributed by atoms with Crippen molar-refractivity contribution in [3.05, 3.63) is 17.5 Å². The van der Waals surface area contributed by atoms with Crippen LogP contribution in [0.2, 0.25) is 0 Å². The number of hydrogen-bond donors (Lipinski definition) is 1. The zero-order valence-corrected chi connectivity index (χ0v) is 12.6. The van der Waals surface area contributed by atoms with Crippen molar-refractivity contribution in [3.63, 3.8) is 0 Å². The van der Waals surface area contributed by atoms with Gasteiger partial charge >= 0.3 is 0 Å². The highest BCUT2D eigenvalue weighted by atomic mass is 15.3. The second-order valence-electron chi connectivity index (χ2n) is 5.72. The lowest BCUT2D eigenvalue weighted by Crippen LogP contribution is -2.41. The zero-order chi connectivity index (χ0) is 13.8. The Morgan fingerprint density at radius 2 is 2.26 bits per heavy atom. The third-order valence-electron chi connectivity index (χ3n) is 4.42. The minimum Gasteiger partial charge on any atom is -0.329 e. The molecule has 0 aromatic carbocycles. The molecule has 108 valence electrons. The number of aromatic nitrogens is 2. The van der Waals surface area contributed by atoms with Crippen LogP contribution in [0, 0.1) is 5.92 Å². The summed E-state index contributed by atoms with van der Waals surface area (Å²) in [7, 11) is 2.00. The van der Waals surface area contributed by atoms with E-state index < -0.39 is 0 Å². The predicted molar refractivity (Wildman–Crippen MR) is 79.0 cm³/mol. The fraction of sp³-hybridized carbons (Fsp3) is 0.800. The van der Waals surface area contributed by atoms with Gasteiger partial charge in [-0.25, -0.2) is 0 Å². The van der Waals surface area contributed by atoms with E-state index in [4.69, 9.17) is 5.73 Å². The molecule has 0 spiro atoms. The normalized spacial score (nSPS) is 22.6. The van der Waals surface area contributed by atoms with Crippen LogP contribution < -0.4 is 5.73 Å². The van der Waals surface area contributed by atoms with Crippen LogP contribution in [-0.4, -0.2) is 34.3 Å². The largest absolute Gasteiger partial charge is 0.329 e. The maximum atomic E-state index is 6.08. The Labute approximate surface area is 117 Å². The van der Waals surface area contributed by atoms with E-state index in [-0.39, 0.29) is 0 Å². The van der Waals surface area contributed by atoms with E-state index in [2.05, 4.69) is 30.0 Å². The first-order valence-electron chi connectivity index (χ1n) is 7.66. The van der Waals surface area contributed by atoms with Crippen LogP contribution in [0.1, 0.15) is 50.4 Å². The summed E-state index contributed by atoms with van der Waals surface area (Å²) in [4.78, 5) is 2.58. The number of nitrogens with two attached hydrogens (primary N) is 1. The first-order valence-corrected chi connectivity index (χ1v) is 7.66. The number of rotatable bonds is 5. The molecular weight excluding hydrogens is 236 g/mol. The average Bonchev–Trinajstić information content (AvgIpc) is 2.81. The Balaban J connectivity index is 2.18. The lowest BCUT2D eigenvalue weighted by atomic mass is 9.93. The van der Waals surface area contributed by atoms with Crippen molar-refractivity contribution < 1.29 is 0 Å². The van der Waals surface area contributed by atoms with E-state index >= 15 is 0 Å². The van der Waals surface area contributed by atoms with Crippen molar-refractivity contribution in [2.75, 3.05) is 19.6 Å². The molecule has 2 heterocycles. The molecule has 1 aliphatic rings. The second kappa shape index (κ2) is 6.53. The topological polar surface area (TPSA) is 47.1 Å². The van der Waals surface area contributed by atoms with Gasteiger partial charge in [0.2, 0.25) is 0 Å². The summed E-state index contributed by atoms with van der Waals surface area (Å²) < 4.78 is 1.93. The van der Waals surface area contributed by atoms with Crippen molar-refractivity contribution in [1.29, 1.82) is 0 Å². The Bertz CT molecular complexity index is 399. The minimum absolute atomic E-state index is 0.345. The van der Waals surface area contributed by atoms with Crippen molar-refractivity contribution in [1.82, 2.24) is 14.7 Å². The Kier molecular flexibility index (Phi) is 4.99. The van der Waals surface area contributed by atoms with Crippen LogP contribution in [0.15, 0.2) is 6.20 Å². The molecule has 1 aliphatic heterocycles. The Hall–Kier alpha value is -0.870. The van der Waals surface area contributed by atoms with E-state index in [9.17, 15) is 0 Å². The molecule has 19 heavy (non-hydrogen) atoms. The quantitative estimate of drug-likeness (QED) is 0.886. The van der Waals surface area contributed by atoms with E-state index in [1.54, 1.807) is 0 Å². The molecule has 2 unspecified atom stereocenters. The molecule has 0 bridgehead atoms. The lowest BCUT2D eigenvalue weighted by molar-refractivity contribution is 0.123. The van der Waals surface area contributed by atoms with Gasteiger partial charge in [-0.1, -0.05) is 20.3 Å². The monoisotopic (exact) mass is 264 g/mol. The van der Waals surface area contributed by atoms with Gasteiger partial charge < -0.3 is 5.73 Å². The number of aryl methyl sites for hydroxylation is 2. The average molecular weight is 264 g/mol. The summed E-state index contributed by atoms with van der Waals surface area (Å²) in [6, 6.07) is 0.345. The molecule has 0 saturated carbocycles. The van der Waals surface area contributed by atoms with Gasteiger partial charge in [0.05, 0.1) is 11.7 Å². The molecule has 0 amide bonds. The van der Waals surface area contributed by atoms with E-state index in [0.29, 0.717) is 12.6 Å². The minimum atomic E-state index is 0.345. The van der Waals surface area contributed by atoms with Crippen LogP contribution in [-0.2, 0) is 13.5 Å². The number of likely N-dealkylation sites (tertiary alicyclic amines) is 1. The molecule has 1 saturated heterocycles. The molecule has 2 N–H and O–H groups in total. The Morgan fingerprint density at radius 1 is 1.47 bits per heavy atom. The van der Waals surface area contributed by atoms with Gasteiger partial charge in [0.15, 0.2) is 0 Å². The van der Waals surface area contributed by atoms with Gasteiger partial charge in [0.25, 0.3) is 0 Å². The van der Waals surface area contributed by atoms with Gasteiger partial charge in [0, 0.05) is 31.9 Å². The zero-order valence-electron chi connectivity index (χ0n) is 12.6. The highest BCUT2D eigenvalue weighted by Gasteiger charge is 2.27. The van der Waals surface area contributed by atoms with Crippen molar-refractivity contribution in [2.45, 2.75) is 45.6 Å². The van der Waals surface area contributed by atoms with Crippen molar-refractivity contribution in [2.24, 2.45) is 18.7 Å². The second-order valence-corrected chi connectivity index (χ2v) is 5.72.